The average Bonchev–Trinajstić information content (AvgIpc) is 2.28. The number of aliphatic hydroxyl groups excluding tert-OH is 1. The molecular weight excluding hydrogens is 228 g/mol. The lowest BCUT2D eigenvalue weighted by molar-refractivity contribution is 0.278. The summed E-state index contributed by atoms with van der Waals surface area (Å²) in [6.07, 6.45) is 2.68. The minimum Gasteiger partial charge on any atom is -0.506 e. The second-order valence-electron chi connectivity index (χ2n) is 5.84. The highest BCUT2D eigenvalue weighted by Crippen LogP contribution is 2.24. The molecule has 0 aromatic carbocycles. The van der Waals surface area contributed by atoms with Crippen LogP contribution in [0.25, 0.3) is 0 Å². The summed E-state index contributed by atoms with van der Waals surface area (Å²) in [6, 6.07) is 0. The largest absolute Gasteiger partial charge is 0.506 e. The fourth-order valence-corrected chi connectivity index (χ4v) is 1.69. The third-order valence-electron chi connectivity index (χ3n) is 2.95. The third-order valence-corrected chi connectivity index (χ3v) is 2.95. The Morgan fingerprint density at radius 2 is 2.00 bits per heavy atom. The molecule has 0 radical (unpaired) electrons. The minimum atomic E-state index is -0.100. The fourth-order valence-electron chi connectivity index (χ4n) is 1.69. The van der Waals surface area contributed by atoms with Crippen molar-refractivity contribution in [1.82, 2.24) is 10.3 Å². The Hall–Kier alpha value is -1.13. The number of nitrogens with one attached hydrogen (secondary N) is 1. The zero-order valence-electron chi connectivity index (χ0n) is 11.7. The van der Waals surface area contributed by atoms with Crippen LogP contribution in [0, 0.1) is 12.3 Å². The van der Waals surface area contributed by atoms with Crippen LogP contribution in [-0.4, -0.2) is 21.7 Å². The van der Waals surface area contributed by atoms with Crippen molar-refractivity contribution in [1.29, 1.82) is 0 Å². The molecule has 0 saturated carbocycles. The number of aryl methyl sites for hydroxylation is 1. The Balaban J connectivity index is 2.64. The molecule has 4 nitrogen and oxygen atoms in total. The maximum Gasteiger partial charge on any atom is 0.141 e. The van der Waals surface area contributed by atoms with Gasteiger partial charge in [0.25, 0.3) is 0 Å². The minimum absolute atomic E-state index is 0.100. The van der Waals surface area contributed by atoms with Gasteiger partial charge in [-0.1, -0.05) is 20.8 Å². The van der Waals surface area contributed by atoms with Crippen LogP contribution >= 0.6 is 0 Å². The standard InChI is InChI=1S/C14H24N2O2/c1-10-13(18)12(11(9-17)7-16-10)8-15-6-5-14(2,3)4/h7,15,17-18H,5-6,8-9H2,1-4H3. The predicted octanol–water partition coefficient (Wildman–Crippen LogP) is 2.11. The van der Waals surface area contributed by atoms with Gasteiger partial charge < -0.3 is 15.5 Å². The summed E-state index contributed by atoms with van der Waals surface area (Å²) in [5.41, 5.74) is 2.32. The molecule has 0 atom stereocenters. The lowest BCUT2D eigenvalue weighted by atomic mass is 9.92. The molecule has 1 aromatic rings. The quantitative estimate of drug-likeness (QED) is 0.702. The van der Waals surface area contributed by atoms with Crippen LogP contribution < -0.4 is 5.32 Å². The van der Waals surface area contributed by atoms with E-state index in [1.165, 1.54) is 0 Å². The van der Waals surface area contributed by atoms with Gasteiger partial charge in [-0.05, 0) is 25.3 Å². The van der Waals surface area contributed by atoms with Crippen molar-refractivity contribution in [3.8, 4) is 5.75 Å². The molecule has 0 spiro atoms. The van der Waals surface area contributed by atoms with Gasteiger partial charge in [-0.3, -0.25) is 4.98 Å². The lowest BCUT2D eigenvalue weighted by Gasteiger charge is -2.19. The van der Waals surface area contributed by atoms with Crippen molar-refractivity contribution < 1.29 is 10.2 Å². The molecular formula is C14H24N2O2. The third kappa shape index (κ3) is 4.27. The number of hydrogen-bond donors (Lipinski definition) is 3. The SMILES string of the molecule is Cc1ncc(CO)c(CNCCC(C)(C)C)c1O. The van der Waals surface area contributed by atoms with Gasteiger partial charge in [0.15, 0.2) is 0 Å². The Bertz CT molecular complexity index is 398. The second kappa shape index (κ2) is 6.16. The first-order valence-corrected chi connectivity index (χ1v) is 6.33. The monoisotopic (exact) mass is 252 g/mol. The van der Waals surface area contributed by atoms with Crippen LogP contribution in [0.3, 0.4) is 0 Å². The number of aromatic hydroxyl groups is 1. The molecule has 0 saturated heterocycles. The fraction of sp³-hybridized carbons (Fsp3) is 0.643. The summed E-state index contributed by atoms with van der Waals surface area (Å²) in [7, 11) is 0. The molecule has 0 bridgehead atoms. The van der Waals surface area contributed by atoms with Crippen LogP contribution in [0.1, 0.15) is 44.0 Å². The van der Waals surface area contributed by atoms with E-state index in [0.717, 1.165) is 18.5 Å². The van der Waals surface area contributed by atoms with Crippen LogP contribution in [0.5, 0.6) is 5.75 Å². The topological polar surface area (TPSA) is 65.4 Å². The zero-order chi connectivity index (χ0) is 13.8. The Kier molecular flexibility index (Phi) is 5.11. The van der Waals surface area contributed by atoms with Gasteiger partial charge in [0, 0.05) is 23.9 Å². The Morgan fingerprint density at radius 1 is 1.33 bits per heavy atom. The summed E-state index contributed by atoms with van der Waals surface area (Å²) >= 11 is 0. The van der Waals surface area contributed by atoms with Crippen molar-refractivity contribution in [3.63, 3.8) is 0 Å². The van der Waals surface area contributed by atoms with Gasteiger partial charge in [-0.15, -0.1) is 0 Å². The molecule has 3 N–H and O–H groups in total. The number of aromatic nitrogens is 1. The first kappa shape index (κ1) is 14.9. The molecule has 0 unspecified atom stereocenters. The molecule has 1 rings (SSSR count). The van der Waals surface area contributed by atoms with Crippen LogP contribution in [0.4, 0.5) is 0 Å². The van der Waals surface area contributed by atoms with Gasteiger partial charge in [0.2, 0.25) is 0 Å². The van der Waals surface area contributed by atoms with Crippen molar-refractivity contribution in [2.45, 2.75) is 47.3 Å². The summed E-state index contributed by atoms with van der Waals surface area (Å²) < 4.78 is 0. The number of pyridine rings is 1. The molecule has 1 heterocycles. The van der Waals surface area contributed by atoms with Gasteiger partial charge in [-0.25, -0.2) is 0 Å². The van der Waals surface area contributed by atoms with E-state index >= 15 is 0 Å². The van der Waals surface area contributed by atoms with E-state index in [0.29, 0.717) is 23.2 Å². The van der Waals surface area contributed by atoms with Gasteiger partial charge in [0.1, 0.15) is 5.75 Å². The van der Waals surface area contributed by atoms with Crippen molar-refractivity contribution in [2.75, 3.05) is 6.54 Å². The van der Waals surface area contributed by atoms with Crippen LogP contribution in [-0.2, 0) is 13.2 Å². The first-order chi connectivity index (χ1) is 8.35. The number of aliphatic hydroxyl groups is 1. The number of nitrogens with zero attached hydrogens (tertiary/aromatic N) is 1. The maximum atomic E-state index is 9.96. The van der Waals surface area contributed by atoms with Crippen molar-refractivity contribution in [3.05, 3.63) is 23.0 Å². The van der Waals surface area contributed by atoms with E-state index in [9.17, 15) is 10.2 Å². The normalized spacial score (nSPS) is 11.8. The zero-order valence-corrected chi connectivity index (χ0v) is 11.7. The molecule has 0 aliphatic rings. The predicted molar refractivity (Wildman–Crippen MR) is 72.3 cm³/mol. The number of rotatable bonds is 5. The van der Waals surface area contributed by atoms with E-state index in [4.69, 9.17) is 0 Å². The molecule has 4 heteroatoms. The number of hydrogen-bond acceptors (Lipinski definition) is 4. The average molecular weight is 252 g/mol. The smallest absolute Gasteiger partial charge is 0.141 e. The molecule has 102 valence electrons. The van der Waals surface area contributed by atoms with E-state index in [2.05, 4.69) is 31.1 Å². The molecule has 0 aliphatic carbocycles. The van der Waals surface area contributed by atoms with Crippen molar-refractivity contribution >= 4 is 0 Å². The van der Waals surface area contributed by atoms with E-state index in [1.54, 1.807) is 13.1 Å². The van der Waals surface area contributed by atoms with E-state index < -0.39 is 0 Å². The molecule has 0 fully saturated rings. The van der Waals surface area contributed by atoms with E-state index in [1.807, 2.05) is 0 Å². The maximum absolute atomic E-state index is 9.96. The molecule has 1 aromatic heterocycles. The van der Waals surface area contributed by atoms with Gasteiger partial charge in [0.05, 0.1) is 12.3 Å². The summed E-state index contributed by atoms with van der Waals surface area (Å²) in [5, 5.41) is 22.5. The molecule has 0 aliphatic heterocycles. The van der Waals surface area contributed by atoms with Gasteiger partial charge >= 0.3 is 0 Å². The van der Waals surface area contributed by atoms with Crippen molar-refractivity contribution in [2.24, 2.45) is 5.41 Å². The Morgan fingerprint density at radius 3 is 2.56 bits per heavy atom. The Labute approximate surface area is 109 Å². The molecule has 18 heavy (non-hydrogen) atoms. The van der Waals surface area contributed by atoms with Gasteiger partial charge in [-0.2, -0.15) is 0 Å². The summed E-state index contributed by atoms with van der Waals surface area (Å²) in [4.78, 5) is 4.04. The van der Waals surface area contributed by atoms with Crippen LogP contribution in [0.15, 0.2) is 6.20 Å². The first-order valence-electron chi connectivity index (χ1n) is 6.33. The second-order valence-corrected chi connectivity index (χ2v) is 5.84. The summed E-state index contributed by atoms with van der Waals surface area (Å²) in [5.74, 6) is 0.185. The summed E-state index contributed by atoms with van der Waals surface area (Å²) in [6.45, 7) is 9.69. The van der Waals surface area contributed by atoms with E-state index in [-0.39, 0.29) is 12.4 Å². The highest BCUT2D eigenvalue weighted by Gasteiger charge is 2.12. The van der Waals surface area contributed by atoms with Crippen LogP contribution in [0.2, 0.25) is 0 Å². The molecule has 0 amide bonds. The lowest BCUT2D eigenvalue weighted by Crippen LogP contribution is -2.21. The highest BCUT2D eigenvalue weighted by molar-refractivity contribution is 5.40. The highest BCUT2D eigenvalue weighted by atomic mass is 16.3.